The Balaban J connectivity index is 2.74. The lowest BCUT2D eigenvalue weighted by Gasteiger charge is -2.10. The van der Waals surface area contributed by atoms with Gasteiger partial charge in [0.05, 0.1) is 13.4 Å². The summed E-state index contributed by atoms with van der Waals surface area (Å²) in [4.78, 5) is 11.3. The van der Waals surface area contributed by atoms with E-state index in [1.54, 1.807) is 25.4 Å². The van der Waals surface area contributed by atoms with E-state index >= 15 is 0 Å². The summed E-state index contributed by atoms with van der Waals surface area (Å²) in [6.45, 7) is 0.514. The Kier molecular flexibility index (Phi) is 3.52. The molecule has 1 aromatic heterocycles. The van der Waals surface area contributed by atoms with Gasteiger partial charge in [-0.05, 0) is 19.2 Å². The second-order valence-corrected chi connectivity index (χ2v) is 2.65. The zero-order valence-electron chi connectivity index (χ0n) is 7.74. The molecule has 0 amide bonds. The van der Waals surface area contributed by atoms with E-state index in [0.29, 0.717) is 12.3 Å². The number of furan rings is 1. The van der Waals surface area contributed by atoms with Gasteiger partial charge in [0, 0.05) is 6.54 Å². The molecule has 0 aliphatic carbocycles. The van der Waals surface area contributed by atoms with Crippen LogP contribution < -0.4 is 5.32 Å². The summed E-state index contributed by atoms with van der Waals surface area (Å²) in [6.07, 6.45) is 1.54. The van der Waals surface area contributed by atoms with Crippen LogP contribution in [0.5, 0.6) is 0 Å². The van der Waals surface area contributed by atoms with Crippen LogP contribution in [0, 0.1) is 0 Å². The highest BCUT2D eigenvalue weighted by Gasteiger charge is 2.22. The van der Waals surface area contributed by atoms with Crippen LogP contribution in [0.3, 0.4) is 0 Å². The highest BCUT2D eigenvalue weighted by molar-refractivity contribution is 5.77. The Bertz CT molecular complexity index is 256. The summed E-state index contributed by atoms with van der Waals surface area (Å²) in [5.41, 5.74) is 0. The molecule has 1 rings (SSSR count). The fraction of sp³-hybridized carbons (Fsp3) is 0.444. The van der Waals surface area contributed by atoms with Crippen LogP contribution in [-0.2, 0) is 9.53 Å². The molecule has 1 heterocycles. The Labute approximate surface area is 76.9 Å². The lowest BCUT2D eigenvalue weighted by molar-refractivity contribution is -0.142. The van der Waals surface area contributed by atoms with Gasteiger partial charge in [0.1, 0.15) is 11.7 Å². The quantitative estimate of drug-likeness (QED) is 0.700. The highest BCUT2D eigenvalue weighted by Crippen LogP contribution is 2.16. The first-order chi connectivity index (χ1) is 6.29. The SMILES string of the molecule is CNCC(C(=O)OC)c1ccco1. The molecule has 1 aromatic rings. The number of carbonyl (C=O) groups excluding carboxylic acids is 1. The Morgan fingerprint density at radius 3 is 3.00 bits per heavy atom. The number of ether oxygens (including phenoxy) is 1. The Morgan fingerprint density at radius 2 is 2.54 bits per heavy atom. The van der Waals surface area contributed by atoms with E-state index < -0.39 is 0 Å². The van der Waals surface area contributed by atoms with Crippen LogP contribution >= 0.6 is 0 Å². The lowest BCUT2D eigenvalue weighted by atomic mass is 10.1. The normalized spacial score (nSPS) is 12.5. The summed E-state index contributed by atoms with van der Waals surface area (Å²) in [5.74, 6) is -0.0181. The minimum absolute atomic E-state index is 0.288. The molecule has 0 aliphatic heterocycles. The van der Waals surface area contributed by atoms with E-state index in [4.69, 9.17) is 4.42 Å². The molecule has 1 atom stereocenters. The summed E-state index contributed by atoms with van der Waals surface area (Å²) < 4.78 is 9.78. The molecule has 0 aliphatic rings. The number of nitrogens with one attached hydrogen (secondary N) is 1. The van der Waals surface area contributed by atoms with Crippen molar-refractivity contribution >= 4 is 5.97 Å². The summed E-state index contributed by atoms with van der Waals surface area (Å²) in [6, 6.07) is 3.51. The van der Waals surface area contributed by atoms with Crippen LogP contribution in [0.2, 0.25) is 0 Å². The van der Waals surface area contributed by atoms with Crippen molar-refractivity contribution in [2.24, 2.45) is 0 Å². The number of likely N-dealkylation sites (N-methyl/N-ethyl adjacent to an activating group) is 1. The number of methoxy groups -OCH3 is 1. The zero-order chi connectivity index (χ0) is 9.68. The number of esters is 1. The van der Waals surface area contributed by atoms with Crippen LogP contribution in [0.1, 0.15) is 11.7 Å². The summed E-state index contributed by atoms with van der Waals surface area (Å²) >= 11 is 0. The van der Waals surface area contributed by atoms with E-state index in [1.165, 1.54) is 7.11 Å². The molecule has 13 heavy (non-hydrogen) atoms. The van der Waals surface area contributed by atoms with Gasteiger partial charge in [-0.25, -0.2) is 0 Å². The van der Waals surface area contributed by atoms with Gasteiger partial charge in [0.2, 0.25) is 0 Å². The second kappa shape index (κ2) is 4.67. The third-order valence-corrected chi connectivity index (χ3v) is 1.78. The first-order valence-corrected chi connectivity index (χ1v) is 4.05. The zero-order valence-corrected chi connectivity index (χ0v) is 7.74. The van der Waals surface area contributed by atoms with E-state index in [9.17, 15) is 4.79 Å². The summed E-state index contributed by atoms with van der Waals surface area (Å²) in [7, 11) is 3.15. The summed E-state index contributed by atoms with van der Waals surface area (Å²) in [5, 5.41) is 2.91. The molecule has 0 bridgehead atoms. The fourth-order valence-electron chi connectivity index (χ4n) is 1.14. The molecule has 4 heteroatoms. The van der Waals surface area contributed by atoms with Crippen LogP contribution in [-0.4, -0.2) is 26.7 Å². The molecule has 1 N–H and O–H groups in total. The fourth-order valence-corrected chi connectivity index (χ4v) is 1.14. The van der Waals surface area contributed by atoms with Gasteiger partial charge in [-0.1, -0.05) is 0 Å². The second-order valence-electron chi connectivity index (χ2n) is 2.65. The lowest BCUT2D eigenvalue weighted by Crippen LogP contribution is -2.24. The van der Waals surface area contributed by atoms with Crippen LogP contribution in [0.25, 0.3) is 0 Å². The number of rotatable bonds is 4. The van der Waals surface area contributed by atoms with Crippen LogP contribution in [0.15, 0.2) is 22.8 Å². The largest absolute Gasteiger partial charge is 0.468 e. The number of hydrogen-bond acceptors (Lipinski definition) is 4. The van der Waals surface area contributed by atoms with Crippen molar-refractivity contribution in [1.29, 1.82) is 0 Å². The van der Waals surface area contributed by atoms with Gasteiger partial charge in [-0.2, -0.15) is 0 Å². The Hall–Kier alpha value is -1.29. The van der Waals surface area contributed by atoms with Gasteiger partial charge in [-0.15, -0.1) is 0 Å². The van der Waals surface area contributed by atoms with E-state index in [1.807, 2.05) is 0 Å². The molecule has 0 aromatic carbocycles. The number of carbonyl (C=O) groups is 1. The Morgan fingerprint density at radius 1 is 1.77 bits per heavy atom. The van der Waals surface area contributed by atoms with Crippen LogP contribution in [0.4, 0.5) is 0 Å². The van der Waals surface area contributed by atoms with Crippen molar-refractivity contribution in [3.8, 4) is 0 Å². The molecule has 4 nitrogen and oxygen atoms in total. The molecule has 0 fully saturated rings. The third-order valence-electron chi connectivity index (χ3n) is 1.78. The van der Waals surface area contributed by atoms with Gasteiger partial charge < -0.3 is 14.5 Å². The van der Waals surface area contributed by atoms with Crippen molar-refractivity contribution in [2.45, 2.75) is 5.92 Å². The van der Waals surface area contributed by atoms with E-state index in [-0.39, 0.29) is 11.9 Å². The maximum Gasteiger partial charge on any atom is 0.317 e. The first-order valence-electron chi connectivity index (χ1n) is 4.05. The smallest absolute Gasteiger partial charge is 0.317 e. The van der Waals surface area contributed by atoms with Gasteiger partial charge in [0.15, 0.2) is 0 Å². The molecule has 0 spiro atoms. The minimum Gasteiger partial charge on any atom is -0.468 e. The van der Waals surface area contributed by atoms with Gasteiger partial charge in [0.25, 0.3) is 0 Å². The third kappa shape index (κ3) is 2.32. The van der Waals surface area contributed by atoms with E-state index in [2.05, 4.69) is 10.1 Å². The molecule has 0 saturated heterocycles. The molecular formula is C9H13NO3. The average molecular weight is 183 g/mol. The predicted molar refractivity (Wildman–Crippen MR) is 47.4 cm³/mol. The highest BCUT2D eigenvalue weighted by atomic mass is 16.5. The predicted octanol–water partition coefficient (Wildman–Crippen LogP) is 0.756. The van der Waals surface area contributed by atoms with E-state index in [0.717, 1.165) is 0 Å². The van der Waals surface area contributed by atoms with Crippen molar-refractivity contribution in [3.63, 3.8) is 0 Å². The maximum absolute atomic E-state index is 11.3. The first kappa shape index (κ1) is 9.80. The van der Waals surface area contributed by atoms with Gasteiger partial charge >= 0.3 is 5.97 Å². The van der Waals surface area contributed by atoms with Gasteiger partial charge in [-0.3, -0.25) is 4.79 Å². The standard InChI is InChI=1S/C9H13NO3/c1-10-6-7(9(11)12-2)8-4-3-5-13-8/h3-5,7,10H,6H2,1-2H3. The molecule has 1 unspecified atom stereocenters. The molecular weight excluding hydrogens is 170 g/mol. The maximum atomic E-state index is 11.3. The molecule has 72 valence electrons. The van der Waals surface area contributed by atoms with Crippen molar-refractivity contribution in [1.82, 2.24) is 5.32 Å². The minimum atomic E-state index is -0.356. The van der Waals surface area contributed by atoms with Crippen molar-refractivity contribution < 1.29 is 13.9 Å². The molecule has 0 saturated carbocycles. The van der Waals surface area contributed by atoms with Crippen molar-refractivity contribution in [3.05, 3.63) is 24.2 Å². The monoisotopic (exact) mass is 183 g/mol. The molecule has 0 radical (unpaired) electrons. The number of hydrogen-bond donors (Lipinski definition) is 1. The topological polar surface area (TPSA) is 51.5 Å². The van der Waals surface area contributed by atoms with Crippen molar-refractivity contribution in [2.75, 3.05) is 20.7 Å². The average Bonchev–Trinajstić information content (AvgIpc) is 2.65.